The van der Waals surface area contributed by atoms with Crippen molar-refractivity contribution in [1.82, 2.24) is 9.88 Å². The molecule has 152 valence electrons. The minimum atomic E-state index is 0.335. The van der Waals surface area contributed by atoms with Gasteiger partial charge in [-0.25, -0.2) is 4.98 Å². The SMILES string of the molecule is CCOc1ccccc1-c1nc(CN2CCC[C@@H]2c2ccccc2OC)c(C)o1. The van der Waals surface area contributed by atoms with E-state index in [-0.39, 0.29) is 0 Å². The summed E-state index contributed by atoms with van der Waals surface area (Å²) in [4.78, 5) is 7.31. The molecule has 1 aliphatic heterocycles. The maximum Gasteiger partial charge on any atom is 0.230 e. The van der Waals surface area contributed by atoms with E-state index in [0.717, 1.165) is 48.0 Å². The maximum absolute atomic E-state index is 6.04. The number of aromatic nitrogens is 1. The molecule has 4 rings (SSSR count). The number of hydrogen-bond donors (Lipinski definition) is 0. The lowest BCUT2D eigenvalue weighted by Crippen LogP contribution is -2.23. The number of benzene rings is 2. The van der Waals surface area contributed by atoms with E-state index >= 15 is 0 Å². The topological polar surface area (TPSA) is 47.7 Å². The van der Waals surface area contributed by atoms with Gasteiger partial charge in [0.2, 0.25) is 5.89 Å². The summed E-state index contributed by atoms with van der Waals surface area (Å²) in [6, 6.07) is 16.5. The Labute approximate surface area is 172 Å². The molecular formula is C24H28N2O3. The first-order chi connectivity index (χ1) is 14.2. The molecule has 5 nitrogen and oxygen atoms in total. The molecule has 1 aliphatic rings. The van der Waals surface area contributed by atoms with Gasteiger partial charge < -0.3 is 13.9 Å². The lowest BCUT2D eigenvalue weighted by Gasteiger charge is -2.25. The Morgan fingerprint density at radius 3 is 2.66 bits per heavy atom. The molecule has 2 heterocycles. The van der Waals surface area contributed by atoms with Gasteiger partial charge in [0.1, 0.15) is 17.3 Å². The van der Waals surface area contributed by atoms with E-state index in [9.17, 15) is 0 Å². The first kappa shape index (κ1) is 19.5. The molecular weight excluding hydrogens is 364 g/mol. The Morgan fingerprint density at radius 2 is 1.86 bits per heavy atom. The third-order valence-electron chi connectivity index (χ3n) is 5.52. The average Bonchev–Trinajstić information content (AvgIpc) is 3.35. The highest BCUT2D eigenvalue weighted by molar-refractivity contribution is 5.63. The van der Waals surface area contributed by atoms with Gasteiger partial charge in [-0.2, -0.15) is 0 Å². The van der Waals surface area contributed by atoms with Gasteiger partial charge in [0, 0.05) is 18.2 Å². The molecule has 1 fully saturated rings. The molecule has 0 N–H and O–H groups in total. The van der Waals surface area contributed by atoms with Crippen LogP contribution in [0.3, 0.4) is 0 Å². The molecule has 2 aromatic carbocycles. The summed E-state index contributed by atoms with van der Waals surface area (Å²) in [5.74, 6) is 3.23. The summed E-state index contributed by atoms with van der Waals surface area (Å²) in [5, 5.41) is 0. The molecule has 1 saturated heterocycles. The molecule has 0 bridgehead atoms. The molecule has 0 amide bonds. The fourth-order valence-electron chi connectivity index (χ4n) is 4.12. The lowest BCUT2D eigenvalue weighted by atomic mass is 10.0. The standard InChI is InChI=1S/C24H28N2O3/c1-4-28-23-14-8-6-11-19(23)24-25-20(17(2)29-24)16-26-15-9-12-21(26)18-10-5-7-13-22(18)27-3/h5-8,10-11,13-14,21H,4,9,12,15-16H2,1-3H3/t21-/m1/s1. The number of ether oxygens (including phenoxy) is 2. The summed E-state index contributed by atoms with van der Waals surface area (Å²) in [6.45, 7) is 6.38. The first-order valence-electron chi connectivity index (χ1n) is 10.3. The number of nitrogens with zero attached hydrogens (tertiary/aromatic N) is 2. The van der Waals surface area contributed by atoms with E-state index in [4.69, 9.17) is 18.9 Å². The van der Waals surface area contributed by atoms with Crippen LogP contribution in [0.1, 0.15) is 42.8 Å². The Bertz CT molecular complexity index is 966. The normalized spacial score (nSPS) is 16.9. The van der Waals surface area contributed by atoms with Gasteiger partial charge in [-0.3, -0.25) is 4.90 Å². The molecule has 1 aromatic heterocycles. The van der Waals surface area contributed by atoms with Crippen LogP contribution in [0, 0.1) is 6.92 Å². The van der Waals surface area contributed by atoms with E-state index in [1.54, 1.807) is 7.11 Å². The fraction of sp³-hybridized carbons (Fsp3) is 0.375. The highest BCUT2D eigenvalue weighted by atomic mass is 16.5. The van der Waals surface area contributed by atoms with Crippen molar-refractivity contribution in [2.75, 3.05) is 20.3 Å². The van der Waals surface area contributed by atoms with Crippen molar-refractivity contribution < 1.29 is 13.9 Å². The number of hydrogen-bond acceptors (Lipinski definition) is 5. The zero-order valence-corrected chi connectivity index (χ0v) is 17.4. The predicted octanol–water partition coefficient (Wildman–Crippen LogP) is 5.39. The zero-order chi connectivity index (χ0) is 20.2. The first-order valence-corrected chi connectivity index (χ1v) is 10.3. The molecule has 5 heteroatoms. The number of para-hydroxylation sites is 2. The third kappa shape index (κ3) is 4.01. The number of aryl methyl sites for hydroxylation is 1. The van der Waals surface area contributed by atoms with Crippen LogP contribution in [0.15, 0.2) is 52.9 Å². The lowest BCUT2D eigenvalue weighted by molar-refractivity contribution is 0.239. The van der Waals surface area contributed by atoms with Crippen LogP contribution in [0.5, 0.6) is 11.5 Å². The second-order valence-corrected chi connectivity index (χ2v) is 7.32. The summed E-state index contributed by atoms with van der Waals surface area (Å²) >= 11 is 0. The van der Waals surface area contributed by atoms with E-state index in [0.29, 0.717) is 18.5 Å². The molecule has 3 aromatic rings. The van der Waals surface area contributed by atoms with Crippen molar-refractivity contribution >= 4 is 0 Å². The number of rotatable bonds is 7. The van der Waals surface area contributed by atoms with Crippen molar-refractivity contribution in [3.63, 3.8) is 0 Å². The van der Waals surface area contributed by atoms with Gasteiger partial charge in [0.05, 0.1) is 25.0 Å². The van der Waals surface area contributed by atoms with E-state index in [2.05, 4.69) is 17.0 Å². The zero-order valence-electron chi connectivity index (χ0n) is 17.4. The summed E-state index contributed by atoms with van der Waals surface area (Å²) in [5.41, 5.74) is 3.12. The highest BCUT2D eigenvalue weighted by Gasteiger charge is 2.29. The van der Waals surface area contributed by atoms with Gasteiger partial charge in [-0.1, -0.05) is 30.3 Å². The van der Waals surface area contributed by atoms with Crippen LogP contribution in [-0.4, -0.2) is 30.1 Å². The van der Waals surface area contributed by atoms with Crippen LogP contribution in [0.25, 0.3) is 11.5 Å². The van der Waals surface area contributed by atoms with Crippen LogP contribution >= 0.6 is 0 Å². The summed E-state index contributed by atoms with van der Waals surface area (Å²) in [7, 11) is 1.74. The van der Waals surface area contributed by atoms with Crippen molar-refractivity contribution in [1.29, 1.82) is 0 Å². The molecule has 29 heavy (non-hydrogen) atoms. The van der Waals surface area contributed by atoms with Gasteiger partial charge in [-0.05, 0) is 51.4 Å². The average molecular weight is 392 g/mol. The van der Waals surface area contributed by atoms with Gasteiger partial charge in [0.25, 0.3) is 0 Å². The Balaban J connectivity index is 1.59. The Kier molecular flexibility index (Phi) is 5.86. The van der Waals surface area contributed by atoms with Crippen molar-refractivity contribution in [2.24, 2.45) is 0 Å². The number of methoxy groups -OCH3 is 1. The van der Waals surface area contributed by atoms with Crippen LogP contribution in [0.4, 0.5) is 0 Å². The second kappa shape index (κ2) is 8.70. The van der Waals surface area contributed by atoms with Crippen molar-refractivity contribution in [3.05, 3.63) is 65.5 Å². The van der Waals surface area contributed by atoms with Gasteiger partial charge in [0.15, 0.2) is 0 Å². The van der Waals surface area contributed by atoms with Gasteiger partial charge in [-0.15, -0.1) is 0 Å². The van der Waals surface area contributed by atoms with Crippen LogP contribution < -0.4 is 9.47 Å². The smallest absolute Gasteiger partial charge is 0.230 e. The molecule has 1 atom stereocenters. The third-order valence-corrected chi connectivity index (χ3v) is 5.52. The molecule has 0 aliphatic carbocycles. The Hall–Kier alpha value is -2.79. The monoisotopic (exact) mass is 392 g/mol. The highest BCUT2D eigenvalue weighted by Crippen LogP contribution is 2.38. The summed E-state index contributed by atoms with van der Waals surface area (Å²) in [6.07, 6.45) is 2.29. The van der Waals surface area contributed by atoms with Crippen LogP contribution in [-0.2, 0) is 6.54 Å². The quantitative estimate of drug-likeness (QED) is 0.539. The minimum Gasteiger partial charge on any atom is -0.496 e. The molecule has 0 unspecified atom stereocenters. The largest absolute Gasteiger partial charge is 0.496 e. The number of likely N-dealkylation sites (tertiary alicyclic amines) is 1. The van der Waals surface area contributed by atoms with Gasteiger partial charge >= 0.3 is 0 Å². The van der Waals surface area contributed by atoms with Crippen molar-refractivity contribution in [2.45, 2.75) is 39.3 Å². The van der Waals surface area contributed by atoms with Crippen molar-refractivity contribution in [3.8, 4) is 23.0 Å². The molecule has 0 spiro atoms. The Morgan fingerprint density at radius 1 is 1.10 bits per heavy atom. The predicted molar refractivity (Wildman–Crippen MR) is 113 cm³/mol. The van der Waals surface area contributed by atoms with E-state index < -0.39 is 0 Å². The van der Waals surface area contributed by atoms with Crippen LogP contribution in [0.2, 0.25) is 0 Å². The fourth-order valence-corrected chi connectivity index (χ4v) is 4.12. The summed E-state index contributed by atoms with van der Waals surface area (Å²) < 4.78 is 17.4. The van der Waals surface area contributed by atoms with E-state index in [1.807, 2.05) is 50.2 Å². The number of oxazole rings is 1. The minimum absolute atomic E-state index is 0.335. The maximum atomic E-state index is 6.04. The molecule has 0 radical (unpaired) electrons. The van der Waals surface area contributed by atoms with E-state index in [1.165, 1.54) is 12.0 Å². The molecule has 0 saturated carbocycles. The second-order valence-electron chi connectivity index (χ2n) is 7.32.